The Bertz CT molecular complexity index is 814. The van der Waals surface area contributed by atoms with Crippen molar-refractivity contribution in [3.05, 3.63) is 51.0 Å². The molecule has 1 unspecified atom stereocenters. The second-order valence-corrected chi connectivity index (χ2v) is 8.82. The van der Waals surface area contributed by atoms with Crippen molar-refractivity contribution in [3.63, 3.8) is 0 Å². The topological polar surface area (TPSA) is 62.3 Å². The van der Waals surface area contributed by atoms with Gasteiger partial charge >= 0.3 is 0 Å². The minimum atomic E-state index is -3.52. The Hall–Kier alpha value is -1.28. The van der Waals surface area contributed by atoms with Crippen molar-refractivity contribution in [2.75, 3.05) is 6.54 Å². The molecule has 0 spiro atoms. The van der Waals surface area contributed by atoms with E-state index < -0.39 is 10.2 Å². The van der Waals surface area contributed by atoms with Gasteiger partial charge in [-0.2, -0.15) is 17.4 Å². The number of hydrogen-bond donors (Lipinski definition) is 1. The van der Waals surface area contributed by atoms with E-state index in [0.717, 1.165) is 27.6 Å². The number of nitrogens with zero attached hydrogens (tertiary/aromatic N) is 2. The van der Waals surface area contributed by atoms with E-state index in [2.05, 4.69) is 15.8 Å². The van der Waals surface area contributed by atoms with Crippen molar-refractivity contribution in [2.24, 2.45) is 0 Å². The Kier molecular flexibility index (Phi) is 4.55. The molecule has 2 heterocycles. The van der Waals surface area contributed by atoms with Gasteiger partial charge in [0.05, 0.1) is 16.7 Å². The first-order chi connectivity index (χ1) is 10.9. The van der Waals surface area contributed by atoms with Gasteiger partial charge in [0.25, 0.3) is 10.2 Å². The molecule has 1 aliphatic rings. The summed E-state index contributed by atoms with van der Waals surface area (Å²) in [6.45, 7) is 6.67. The minimum absolute atomic E-state index is 0.275. The monoisotopic (exact) mass is 351 g/mol. The number of nitrogens with one attached hydrogen (secondary N) is 1. The molecule has 1 aromatic heterocycles. The third kappa shape index (κ3) is 3.47. The molecule has 7 heteroatoms. The number of hydrogen-bond acceptors (Lipinski definition) is 4. The normalized spacial score (nSPS) is 17.0. The van der Waals surface area contributed by atoms with Crippen molar-refractivity contribution < 1.29 is 8.42 Å². The minimum Gasteiger partial charge on any atom is -0.247 e. The number of fused-ring (bicyclic) bond motifs is 1. The molecule has 2 aromatic rings. The quantitative estimate of drug-likeness (QED) is 0.921. The third-order valence-electron chi connectivity index (χ3n) is 4.09. The molecule has 0 aliphatic carbocycles. The van der Waals surface area contributed by atoms with E-state index in [1.165, 1.54) is 9.87 Å². The van der Waals surface area contributed by atoms with Gasteiger partial charge in [0.2, 0.25) is 0 Å². The van der Waals surface area contributed by atoms with Gasteiger partial charge in [-0.05, 0) is 38.3 Å². The number of rotatable bonds is 4. The van der Waals surface area contributed by atoms with Gasteiger partial charge in [-0.25, -0.2) is 4.98 Å². The summed E-state index contributed by atoms with van der Waals surface area (Å²) in [6.07, 6.45) is 0.754. The first-order valence-electron chi connectivity index (χ1n) is 7.65. The SMILES string of the molecule is Cc1nc(C)c(C(C)NS(=O)(=O)N2CCc3ccccc3C2)s1. The van der Waals surface area contributed by atoms with Gasteiger partial charge in [-0.1, -0.05) is 24.3 Å². The van der Waals surface area contributed by atoms with Crippen molar-refractivity contribution >= 4 is 21.5 Å². The molecule has 0 saturated carbocycles. The second-order valence-electron chi connectivity index (χ2n) is 5.88. The number of benzene rings is 1. The molecular formula is C16H21N3O2S2. The lowest BCUT2D eigenvalue weighted by Gasteiger charge is -2.29. The summed E-state index contributed by atoms with van der Waals surface area (Å²) in [4.78, 5) is 5.35. The van der Waals surface area contributed by atoms with E-state index in [-0.39, 0.29) is 6.04 Å². The third-order valence-corrected chi connectivity index (χ3v) is 6.99. The molecule has 0 amide bonds. The van der Waals surface area contributed by atoms with Gasteiger partial charge in [0.1, 0.15) is 0 Å². The molecule has 1 atom stereocenters. The van der Waals surface area contributed by atoms with Crippen LogP contribution in [0.5, 0.6) is 0 Å². The van der Waals surface area contributed by atoms with Crippen molar-refractivity contribution in [3.8, 4) is 0 Å². The highest BCUT2D eigenvalue weighted by atomic mass is 32.2. The number of aryl methyl sites for hydroxylation is 2. The Morgan fingerprint density at radius 1 is 1.26 bits per heavy atom. The Labute approximate surface area is 141 Å². The first-order valence-corrected chi connectivity index (χ1v) is 9.90. The molecule has 0 bridgehead atoms. The maximum absolute atomic E-state index is 12.7. The zero-order chi connectivity index (χ0) is 16.6. The molecule has 124 valence electrons. The Morgan fingerprint density at radius 3 is 2.61 bits per heavy atom. The summed E-state index contributed by atoms with van der Waals surface area (Å²) in [5.74, 6) is 0. The lowest BCUT2D eigenvalue weighted by Crippen LogP contribution is -2.44. The maximum Gasteiger partial charge on any atom is 0.280 e. The highest BCUT2D eigenvalue weighted by molar-refractivity contribution is 7.87. The van der Waals surface area contributed by atoms with Crippen LogP contribution in [0.25, 0.3) is 0 Å². The molecule has 3 rings (SSSR count). The van der Waals surface area contributed by atoms with E-state index in [1.54, 1.807) is 11.3 Å². The van der Waals surface area contributed by atoms with Crippen LogP contribution in [0, 0.1) is 13.8 Å². The van der Waals surface area contributed by atoms with E-state index >= 15 is 0 Å². The molecular weight excluding hydrogens is 330 g/mol. The van der Waals surface area contributed by atoms with E-state index in [1.807, 2.05) is 39.0 Å². The van der Waals surface area contributed by atoms with Crippen LogP contribution in [0.2, 0.25) is 0 Å². The zero-order valence-electron chi connectivity index (χ0n) is 13.5. The van der Waals surface area contributed by atoms with E-state index in [0.29, 0.717) is 13.1 Å². The fourth-order valence-electron chi connectivity index (χ4n) is 2.98. The molecule has 0 fully saturated rings. The summed E-state index contributed by atoms with van der Waals surface area (Å²) < 4.78 is 29.7. The van der Waals surface area contributed by atoms with Gasteiger partial charge < -0.3 is 0 Å². The highest BCUT2D eigenvalue weighted by Crippen LogP contribution is 2.26. The van der Waals surface area contributed by atoms with Crippen molar-refractivity contribution in [2.45, 2.75) is 39.8 Å². The molecule has 5 nitrogen and oxygen atoms in total. The molecule has 1 aliphatic heterocycles. The van der Waals surface area contributed by atoms with Crippen LogP contribution >= 0.6 is 11.3 Å². The summed E-state index contributed by atoms with van der Waals surface area (Å²) in [7, 11) is -3.52. The summed E-state index contributed by atoms with van der Waals surface area (Å²) >= 11 is 1.54. The average Bonchev–Trinajstić information content (AvgIpc) is 2.85. The van der Waals surface area contributed by atoms with Crippen molar-refractivity contribution in [1.82, 2.24) is 14.0 Å². The predicted molar refractivity (Wildman–Crippen MR) is 92.6 cm³/mol. The van der Waals surface area contributed by atoms with E-state index in [4.69, 9.17) is 0 Å². The van der Waals surface area contributed by atoms with Crippen LogP contribution in [-0.2, 0) is 23.2 Å². The lowest BCUT2D eigenvalue weighted by atomic mass is 10.0. The molecule has 0 radical (unpaired) electrons. The molecule has 1 N–H and O–H groups in total. The van der Waals surface area contributed by atoms with Crippen molar-refractivity contribution in [1.29, 1.82) is 0 Å². The Morgan fingerprint density at radius 2 is 1.96 bits per heavy atom. The average molecular weight is 351 g/mol. The van der Waals surface area contributed by atoms with Gasteiger partial charge in [0.15, 0.2) is 0 Å². The summed E-state index contributed by atoms with van der Waals surface area (Å²) in [5, 5.41) is 0.954. The van der Waals surface area contributed by atoms with Gasteiger partial charge in [0, 0.05) is 18.0 Å². The summed E-state index contributed by atoms with van der Waals surface area (Å²) in [5.41, 5.74) is 3.22. The van der Waals surface area contributed by atoms with Crippen LogP contribution in [0.15, 0.2) is 24.3 Å². The highest BCUT2D eigenvalue weighted by Gasteiger charge is 2.28. The maximum atomic E-state index is 12.7. The number of aromatic nitrogens is 1. The van der Waals surface area contributed by atoms with E-state index in [9.17, 15) is 8.42 Å². The fourth-order valence-corrected chi connectivity index (χ4v) is 5.33. The summed E-state index contributed by atoms with van der Waals surface area (Å²) in [6, 6.07) is 7.74. The standard InChI is InChI=1S/C16H21N3O2S2/c1-11-16(22-13(3)17-11)12(2)18-23(20,21)19-9-8-14-6-4-5-7-15(14)10-19/h4-7,12,18H,8-10H2,1-3H3. The predicted octanol–water partition coefficient (Wildman–Crippen LogP) is 2.71. The van der Waals surface area contributed by atoms with Gasteiger partial charge in [-0.3, -0.25) is 0 Å². The molecule has 1 aromatic carbocycles. The van der Waals surface area contributed by atoms with Crippen LogP contribution < -0.4 is 4.72 Å². The Balaban J connectivity index is 1.76. The zero-order valence-corrected chi connectivity index (χ0v) is 15.2. The van der Waals surface area contributed by atoms with Crippen LogP contribution in [0.1, 0.15) is 39.7 Å². The lowest BCUT2D eigenvalue weighted by molar-refractivity contribution is 0.380. The van der Waals surface area contributed by atoms with Crippen LogP contribution in [-0.4, -0.2) is 24.3 Å². The first kappa shape index (κ1) is 16.6. The van der Waals surface area contributed by atoms with Gasteiger partial charge in [-0.15, -0.1) is 11.3 Å². The molecule has 23 heavy (non-hydrogen) atoms. The molecule has 0 saturated heterocycles. The van der Waals surface area contributed by atoms with Crippen LogP contribution in [0.4, 0.5) is 0 Å². The largest absolute Gasteiger partial charge is 0.280 e. The fraction of sp³-hybridized carbons (Fsp3) is 0.438. The second kappa shape index (κ2) is 6.32. The smallest absolute Gasteiger partial charge is 0.247 e. The number of thiazole rings is 1. The van der Waals surface area contributed by atoms with Crippen LogP contribution in [0.3, 0.4) is 0 Å².